The third-order valence-electron chi connectivity index (χ3n) is 8.41. The van der Waals surface area contributed by atoms with E-state index in [1.807, 2.05) is 38.1 Å². The van der Waals surface area contributed by atoms with Crippen molar-refractivity contribution in [2.45, 2.75) is 45.3 Å². The summed E-state index contributed by atoms with van der Waals surface area (Å²) in [7, 11) is 0. The van der Waals surface area contributed by atoms with E-state index < -0.39 is 28.9 Å². The average Bonchev–Trinajstić information content (AvgIpc) is 3.75. The zero-order chi connectivity index (χ0) is 31.1. The molecule has 2 fully saturated rings. The SMILES string of the molecule is CC(C)[C@H]1C[N+](CCC2CCCNC2)(OC(=O)C(F)(F)F)C(=O)N1c1ccn2ncc(-c3ccc(-c4ncn[nH]4)cc3)c2n1. The van der Waals surface area contributed by atoms with Gasteiger partial charge in [0.05, 0.1) is 12.2 Å². The highest BCUT2D eigenvalue weighted by Crippen LogP contribution is 2.37. The fourth-order valence-electron chi connectivity index (χ4n) is 6.01. The Balaban J connectivity index is 1.35. The van der Waals surface area contributed by atoms with E-state index in [1.54, 1.807) is 23.0 Å². The van der Waals surface area contributed by atoms with E-state index >= 15 is 0 Å². The molecule has 2 N–H and O–H groups in total. The molecule has 1 aromatic carbocycles. The number of quaternary nitrogens is 1. The molecule has 0 spiro atoms. The lowest BCUT2D eigenvalue weighted by molar-refractivity contribution is -1.02. The number of urea groups is 1. The monoisotopic (exact) mass is 612 g/mol. The van der Waals surface area contributed by atoms with Crippen molar-refractivity contribution in [3.8, 4) is 22.5 Å². The standard InChI is InChI=1S/C29H33F3N9O3/c1-18(2)23-16-41(44-27(42)29(30,31)32,13-10-19-4-3-11-33-14-19)28(43)40(23)24-9-12-39-26(37-24)22(15-36-39)20-5-7-21(8-6-20)25-34-17-35-38-25/h5-9,12,15,17-19,23,33H,3-4,10-11,13-14,16H2,1-2H3,(H,34,35,38)/q+1/t19?,23-,41?/m1/s1. The number of halogens is 3. The van der Waals surface area contributed by atoms with E-state index in [-0.39, 0.29) is 30.7 Å². The lowest BCUT2D eigenvalue weighted by atomic mass is 9.96. The molecule has 232 valence electrons. The van der Waals surface area contributed by atoms with Gasteiger partial charge in [0.2, 0.25) is 0 Å². The Kier molecular flexibility index (Phi) is 7.84. The van der Waals surface area contributed by atoms with Crippen molar-refractivity contribution in [1.29, 1.82) is 0 Å². The minimum atomic E-state index is -5.24. The number of hydrogen-bond acceptors (Lipinski definition) is 8. The second kappa shape index (κ2) is 11.6. The molecule has 15 heteroatoms. The van der Waals surface area contributed by atoms with Crippen LogP contribution in [0.25, 0.3) is 28.2 Å². The summed E-state index contributed by atoms with van der Waals surface area (Å²) in [5.41, 5.74) is 2.80. The second-order valence-electron chi connectivity index (χ2n) is 11.7. The number of carbonyl (C=O) groups excluding carboxylic acids is 2. The summed E-state index contributed by atoms with van der Waals surface area (Å²) >= 11 is 0. The third kappa shape index (κ3) is 5.64. The van der Waals surface area contributed by atoms with Crippen LogP contribution in [0.5, 0.6) is 0 Å². The molecular weight excluding hydrogens is 579 g/mol. The molecule has 12 nitrogen and oxygen atoms in total. The zero-order valence-electron chi connectivity index (χ0n) is 24.3. The number of nitrogens with one attached hydrogen (secondary N) is 2. The summed E-state index contributed by atoms with van der Waals surface area (Å²) in [4.78, 5) is 41.9. The molecule has 2 amide bonds. The first-order valence-corrected chi connectivity index (χ1v) is 14.6. The summed E-state index contributed by atoms with van der Waals surface area (Å²) in [5.74, 6) is -1.54. The maximum Gasteiger partial charge on any atom is 0.497 e. The summed E-state index contributed by atoms with van der Waals surface area (Å²) in [6, 6.07) is 7.81. The van der Waals surface area contributed by atoms with Gasteiger partial charge in [-0.1, -0.05) is 42.8 Å². The molecule has 3 aromatic heterocycles. The van der Waals surface area contributed by atoms with Crippen LogP contribution in [0, 0.1) is 11.8 Å². The first-order chi connectivity index (χ1) is 21.1. The van der Waals surface area contributed by atoms with Gasteiger partial charge < -0.3 is 5.32 Å². The van der Waals surface area contributed by atoms with E-state index in [4.69, 9.17) is 9.82 Å². The Morgan fingerprint density at radius 3 is 2.61 bits per heavy atom. The molecule has 4 aromatic rings. The van der Waals surface area contributed by atoms with Gasteiger partial charge in [-0.3, -0.25) is 9.94 Å². The highest BCUT2D eigenvalue weighted by atomic mass is 19.4. The molecule has 5 heterocycles. The van der Waals surface area contributed by atoms with Crippen molar-refractivity contribution in [2.24, 2.45) is 11.8 Å². The van der Waals surface area contributed by atoms with Crippen LogP contribution in [0.1, 0.15) is 33.1 Å². The molecule has 2 aliphatic heterocycles. The normalized spacial score (nSPS) is 22.7. The molecule has 0 bridgehead atoms. The summed E-state index contributed by atoms with van der Waals surface area (Å²) < 4.78 is 40.9. The van der Waals surface area contributed by atoms with Gasteiger partial charge in [0.1, 0.15) is 25.2 Å². The van der Waals surface area contributed by atoms with Crippen molar-refractivity contribution in [2.75, 3.05) is 31.1 Å². The van der Waals surface area contributed by atoms with Gasteiger partial charge in [-0.25, -0.2) is 29.0 Å². The number of aromatic nitrogens is 6. The van der Waals surface area contributed by atoms with Crippen LogP contribution in [0.2, 0.25) is 0 Å². The number of benzene rings is 1. The number of H-pyrrole nitrogens is 1. The molecule has 0 radical (unpaired) electrons. The van der Waals surface area contributed by atoms with Crippen molar-refractivity contribution < 1.29 is 32.2 Å². The van der Waals surface area contributed by atoms with Gasteiger partial charge >= 0.3 is 18.2 Å². The van der Waals surface area contributed by atoms with E-state index in [9.17, 15) is 22.8 Å². The number of hydroxylamine groups is 3. The number of carbonyl (C=O) groups is 2. The number of amides is 2. The molecule has 0 saturated carbocycles. The number of nitrogens with zero attached hydrogens (tertiary/aromatic N) is 7. The van der Waals surface area contributed by atoms with Gasteiger partial charge in [0, 0.05) is 23.7 Å². The van der Waals surface area contributed by atoms with Crippen LogP contribution >= 0.6 is 0 Å². The van der Waals surface area contributed by atoms with Gasteiger partial charge in [0.25, 0.3) is 0 Å². The number of hydrogen-bond donors (Lipinski definition) is 2. The molecule has 2 unspecified atom stereocenters. The average molecular weight is 613 g/mol. The van der Waals surface area contributed by atoms with E-state index in [0.29, 0.717) is 30.0 Å². The van der Waals surface area contributed by atoms with E-state index in [0.717, 1.165) is 30.5 Å². The predicted octanol–water partition coefficient (Wildman–Crippen LogP) is 4.37. The highest BCUT2D eigenvalue weighted by Gasteiger charge is 2.61. The van der Waals surface area contributed by atoms with Gasteiger partial charge in [-0.2, -0.15) is 23.4 Å². The first kappa shape index (κ1) is 29.7. The molecule has 44 heavy (non-hydrogen) atoms. The largest absolute Gasteiger partial charge is 0.497 e. The molecule has 2 aliphatic rings. The second-order valence-corrected chi connectivity index (χ2v) is 11.7. The molecule has 3 atom stereocenters. The smallest absolute Gasteiger partial charge is 0.316 e. The molecule has 0 aliphatic carbocycles. The van der Waals surface area contributed by atoms with Crippen LogP contribution in [-0.2, 0) is 9.63 Å². The molecule has 6 rings (SSSR count). The molecule has 2 saturated heterocycles. The fraction of sp³-hybridized carbons (Fsp3) is 0.448. The van der Waals surface area contributed by atoms with Crippen LogP contribution in [0.3, 0.4) is 0 Å². The van der Waals surface area contributed by atoms with Crippen molar-refractivity contribution in [3.05, 3.63) is 49.1 Å². The topological polar surface area (TPSA) is 130 Å². The minimum Gasteiger partial charge on any atom is -0.316 e. The Morgan fingerprint density at radius 1 is 1.18 bits per heavy atom. The van der Waals surface area contributed by atoms with Gasteiger partial charge in [-0.15, -0.1) is 0 Å². The van der Waals surface area contributed by atoms with Crippen molar-refractivity contribution >= 4 is 23.5 Å². The highest BCUT2D eigenvalue weighted by molar-refractivity contribution is 5.90. The lowest BCUT2D eigenvalue weighted by Crippen LogP contribution is -2.55. The van der Waals surface area contributed by atoms with Crippen LogP contribution in [0.15, 0.2) is 49.1 Å². The number of rotatable bonds is 8. The minimum absolute atomic E-state index is 0.0650. The van der Waals surface area contributed by atoms with Crippen LogP contribution < -0.4 is 10.2 Å². The van der Waals surface area contributed by atoms with Gasteiger partial charge in [-0.05, 0) is 49.4 Å². The first-order valence-electron chi connectivity index (χ1n) is 14.6. The van der Waals surface area contributed by atoms with Crippen LogP contribution in [0.4, 0.5) is 23.8 Å². The maximum atomic E-state index is 14.2. The van der Waals surface area contributed by atoms with Gasteiger partial charge in [0.15, 0.2) is 11.5 Å². The number of alkyl halides is 3. The molecular formula is C29H33F3N9O3+. The Morgan fingerprint density at radius 2 is 1.95 bits per heavy atom. The van der Waals surface area contributed by atoms with E-state index in [2.05, 4.69) is 25.6 Å². The summed E-state index contributed by atoms with van der Waals surface area (Å²) in [6.07, 6.45) is 1.73. The fourth-order valence-corrected chi connectivity index (χ4v) is 6.01. The Bertz CT molecular complexity index is 1630. The Hall–Kier alpha value is -4.37. The zero-order valence-corrected chi connectivity index (χ0v) is 24.3. The predicted molar refractivity (Wildman–Crippen MR) is 153 cm³/mol. The lowest BCUT2D eigenvalue weighted by Gasteiger charge is -2.30. The maximum absolute atomic E-state index is 14.2. The number of fused-ring (bicyclic) bond motifs is 1. The number of piperidine rings is 1. The summed E-state index contributed by atoms with van der Waals surface area (Å²) in [6.45, 7) is 5.13. The van der Waals surface area contributed by atoms with Crippen LogP contribution in [-0.4, -0.2) is 84.8 Å². The van der Waals surface area contributed by atoms with Crippen molar-refractivity contribution in [3.63, 3.8) is 0 Å². The summed E-state index contributed by atoms with van der Waals surface area (Å²) in [5, 5.41) is 14.4. The quantitative estimate of drug-likeness (QED) is 0.281. The number of anilines is 1. The number of aromatic amines is 1. The van der Waals surface area contributed by atoms with E-state index in [1.165, 1.54) is 11.2 Å². The Labute approximate surface area is 250 Å². The van der Waals surface area contributed by atoms with Crippen molar-refractivity contribution in [1.82, 2.24) is 35.1 Å². The third-order valence-corrected chi connectivity index (χ3v) is 8.41.